The topological polar surface area (TPSA) is 0 Å². The van der Waals surface area contributed by atoms with Gasteiger partial charge < -0.3 is 0 Å². The van der Waals surface area contributed by atoms with E-state index in [2.05, 4.69) is 53.8 Å². The predicted molar refractivity (Wildman–Crippen MR) is 94.7 cm³/mol. The third-order valence-corrected chi connectivity index (χ3v) is 4.45. The van der Waals surface area contributed by atoms with Crippen LogP contribution in [0.3, 0.4) is 0 Å². The molecule has 0 radical (unpaired) electrons. The van der Waals surface area contributed by atoms with Gasteiger partial charge in [-0.3, -0.25) is 0 Å². The molecule has 0 bridgehead atoms. The van der Waals surface area contributed by atoms with Crippen LogP contribution in [0.1, 0.15) is 76.7 Å². The van der Waals surface area contributed by atoms with E-state index in [1.807, 2.05) is 0 Å². The minimum absolute atomic E-state index is 1.26. The van der Waals surface area contributed by atoms with Crippen molar-refractivity contribution in [2.24, 2.45) is 0 Å². The molecule has 0 aliphatic heterocycles. The fraction of sp³-hybridized carbons (Fsp3) is 0.667. The van der Waals surface area contributed by atoms with Crippen molar-refractivity contribution in [2.75, 3.05) is 0 Å². The number of hydrogen-bond donors (Lipinski definition) is 0. The average Bonchev–Trinajstić information content (AvgIpc) is 2.43. The van der Waals surface area contributed by atoms with E-state index in [0.717, 1.165) is 0 Å². The molecule has 19 heavy (non-hydrogen) atoms. The van der Waals surface area contributed by atoms with E-state index in [1.165, 1.54) is 79.8 Å². The van der Waals surface area contributed by atoms with E-state index >= 15 is 0 Å². The summed E-state index contributed by atoms with van der Waals surface area (Å²) in [7, 11) is 0. The van der Waals surface area contributed by atoms with Gasteiger partial charge >= 0.3 is 0 Å². The monoisotopic (exact) mass is 372 g/mol. The Morgan fingerprint density at radius 3 is 1.68 bits per heavy atom. The highest BCUT2D eigenvalue weighted by Gasteiger charge is 1.95. The zero-order chi connectivity index (χ0) is 13.8. The van der Waals surface area contributed by atoms with Crippen LogP contribution in [0.25, 0.3) is 0 Å². The van der Waals surface area contributed by atoms with Crippen molar-refractivity contribution in [3.05, 3.63) is 33.4 Å². The van der Waals surface area contributed by atoms with E-state index in [1.54, 1.807) is 0 Å². The lowest BCUT2D eigenvalue weighted by atomic mass is 10.0. The molecule has 0 fully saturated rings. The van der Waals surface area contributed by atoms with Crippen LogP contribution in [0.15, 0.2) is 24.3 Å². The number of rotatable bonds is 11. The maximum absolute atomic E-state index is 2.37. The van der Waals surface area contributed by atoms with Gasteiger partial charge in [-0.2, -0.15) is 0 Å². The molecule has 1 aromatic carbocycles. The summed E-state index contributed by atoms with van der Waals surface area (Å²) in [5, 5.41) is 0. The number of aryl methyl sites for hydroxylation is 1. The molecule has 0 heterocycles. The van der Waals surface area contributed by atoms with Crippen LogP contribution in [-0.4, -0.2) is 0 Å². The summed E-state index contributed by atoms with van der Waals surface area (Å²) < 4.78 is 1.34. The summed E-state index contributed by atoms with van der Waals surface area (Å²) in [6, 6.07) is 8.98. The Hall–Kier alpha value is -0.0500. The summed E-state index contributed by atoms with van der Waals surface area (Å²) in [6.45, 7) is 2.29. The lowest BCUT2D eigenvalue weighted by molar-refractivity contribution is 0.556. The first-order chi connectivity index (χ1) is 9.33. The van der Waals surface area contributed by atoms with Crippen LogP contribution in [0.5, 0.6) is 0 Å². The van der Waals surface area contributed by atoms with Crippen LogP contribution in [0, 0.1) is 3.57 Å². The highest BCUT2D eigenvalue weighted by Crippen LogP contribution is 2.13. The number of hydrogen-bond acceptors (Lipinski definition) is 0. The maximum Gasteiger partial charge on any atom is 0.0130 e. The molecule has 108 valence electrons. The minimum atomic E-state index is 1.26. The number of unbranched alkanes of at least 4 members (excludes halogenated alkanes) is 9. The van der Waals surface area contributed by atoms with Crippen molar-refractivity contribution in [1.29, 1.82) is 0 Å². The summed E-state index contributed by atoms with van der Waals surface area (Å²) >= 11 is 2.37. The molecule has 1 heteroatoms. The first-order valence-corrected chi connectivity index (χ1v) is 9.15. The second-order valence-electron chi connectivity index (χ2n) is 5.56. The second kappa shape index (κ2) is 11.7. The summed E-state index contributed by atoms with van der Waals surface area (Å²) in [5.41, 5.74) is 1.50. The highest BCUT2D eigenvalue weighted by molar-refractivity contribution is 14.1. The van der Waals surface area contributed by atoms with Gasteiger partial charge in [0.15, 0.2) is 0 Å². The van der Waals surface area contributed by atoms with Gasteiger partial charge in [0.05, 0.1) is 0 Å². The largest absolute Gasteiger partial charge is 0.0654 e. The summed E-state index contributed by atoms with van der Waals surface area (Å²) in [5.74, 6) is 0. The van der Waals surface area contributed by atoms with Crippen LogP contribution in [0.4, 0.5) is 0 Å². The highest BCUT2D eigenvalue weighted by atomic mass is 127. The van der Waals surface area contributed by atoms with Gasteiger partial charge in [0.2, 0.25) is 0 Å². The lowest BCUT2D eigenvalue weighted by Crippen LogP contribution is -1.87. The Morgan fingerprint density at radius 2 is 1.16 bits per heavy atom. The minimum Gasteiger partial charge on any atom is -0.0654 e. The normalized spacial score (nSPS) is 10.8. The summed E-state index contributed by atoms with van der Waals surface area (Å²) in [4.78, 5) is 0. The predicted octanol–water partition coefficient (Wildman–Crippen LogP) is 6.75. The molecule has 0 saturated heterocycles. The van der Waals surface area contributed by atoms with Crippen molar-refractivity contribution in [3.63, 3.8) is 0 Å². The van der Waals surface area contributed by atoms with E-state index < -0.39 is 0 Å². The maximum atomic E-state index is 2.37. The Balaban J connectivity index is 1.87. The molecular formula is C18H29I. The molecule has 0 unspecified atom stereocenters. The van der Waals surface area contributed by atoms with Gasteiger partial charge in [-0.1, -0.05) is 76.8 Å². The molecule has 0 amide bonds. The lowest BCUT2D eigenvalue weighted by Gasteiger charge is -2.03. The molecular weight excluding hydrogens is 343 g/mol. The van der Waals surface area contributed by atoms with Gasteiger partial charge in [0, 0.05) is 3.57 Å². The van der Waals surface area contributed by atoms with Gasteiger partial charge in [0.25, 0.3) is 0 Å². The molecule has 1 rings (SSSR count). The van der Waals surface area contributed by atoms with E-state index in [4.69, 9.17) is 0 Å². The van der Waals surface area contributed by atoms with Crippen molar-refractivity contribution >= 4 is 22.6 Å². The molecule has 0 aromatic heterocycles. The van der Waals surface area contributed by atoms with Crippen molar-refractivity contribution < 1.29 is 0 Å². The molecule has 0 nitrogen and oxygen atoms in total. The van der Waals surface area contributed by atoms with Crippen molar-refractivity contribution in [2.45, 2.75) is 77.6 Å². The average molecular weight is 372 g/mol. The van der Waals surface area contributed by atoms with Gasteiger partial charge in [0.1, 0.15) is 0 Å². The Labute approximate surface area is 133 Å². The Kier molecular flexibility index (Phi) is 10.5. The van der Waals surface area contributed by atoms with Crippen molar-refractivity contribution in [1.82, 2.24) is 0 Å². The second-order valence-corrected chi connectivity index (χ2v) is 6.80. The molecule has 0 aliphatic carbocycles. The van der Waals surface area contributed by atoms with Crippen LogP contribution in [-0.2, 0) is 6.42 Å². The molecule has 0 aliphatic rings. The van der Waals surface area contributed by atoms with Crippen LogP contribution < -0.4 is 0 Å². The number of benzene rings is 1. The van der Waals surface area contributed by atoms with Crippen molar-refractivity contribution in [3.8, 4) is 0 Å². The fourth-order valence-corrected chi connectivity index (χ4v) is 2.83. The first-order valence-electron chi connectivity index (χ1n) is 8.07. The first kappa shape index (κ1) is 17.0. The SMILES string of the molecule is CCCCCCCCCCCCc1ccc(I)cc1. The Morgan fingerprint density at radius 1 is 0.684 bits per heavy atom. The molecule has 0 spiro atoms. The third-order valence-electron chi connectivity index (χ3n) is 3.73. The Bertz CT molecular complexity index is 302. The molecule has 0 atom stereocenters. The van der Waals surface area contributed by atoms with Gasteiger partial charge in [-0.05, 0) is 53.1 Å². The number of halogens is 1. The van der Waals surface area contributed by atoms with Gasteiger partial charge in [-0.15, -0.1) is 0 Å². The molecule has 0 saturated carbocycles. The van der Waals surface area contributed by atoms with E-state index in [-0.39, 0.29) is 0 Å². The van der Waals surface area contributed by atoms with Gasteiger partial charge in [-0.25, -0.2) is 0 Å². The standard InChI is InChI=1S/C18H29I/c1-2-3-4-5-6-7-8-9-10-11-12-17-13-15-18(19)16-14-17/h13-16H,2-12H2,1H3. The zero-order valence-electron chi connectivity index (χ0n) is 12.5. The fourth-order valence-electron chi connectivity index (χ4n) is 2.47. The van der Waals surface area contributed by atoms with Crippen LogP contribution >= 0.6 is 22.6 Å². The molecule has 0 N–H and O–H groups in total. The third kappa shape index (κ3) is 9.48. The molecule has 1 aromatic rings. The summed E-state index contributed by atoms with van der Waals surface area (Å²) in [6.07, 6.45) is 15.5. The zero-order valence-corrected chi connectivity index (χ0v) is 14.6. The van der Waals surface area contributed by atoms with Crippen LogP contribution in [0.2, 0.25) is 0 Å². The quantitative estimate of drug-likeness (QED) is 0.298. The van der Waals surface area contributed by atoms with E-state index in [0.29, 0.717) is 0 Å². The smallest absolute Gasteiger partial charge is 0.0130 e. The van der Waals surface area contributed by atoms with E-state index in [9.17, 15) is 0 Å².